The molecule has 0 atom stereocenters. The topological polar surface area (TPSA) is 64.0 Å². The fraction of sp³-hybridized carbons (Fsp3) is 0.875. The molecular formula is C8H14N2O3. The molecule has 1 heterocycles. The molecule has 1 saturated heterocycles. The van der Waals surface area contributed by atoms with Crippen LogP contribution in [0.3, 0.4) is 0 Å². The van der Waals surface area contributed by atoms with E-state index in [1.807, 2.05) is 0 Å². The highest BCUT2D eigenvalue weighted by Crippen LogP contribution is 2.36. The average Bonchev–Trinajstić information content (AvgIpc) is 2.51. The Morgan fingerprint density at radius 2 is 1.85 bits per heavy atom. The Hall–Kier alpha value is -0.650. The van der Waals surface area contributed by atoms with Gasteiger partial charge in [-0.25, -0.2) is 5.06 Å². The highest BCUT2D eigenvalue weighted by molar-refractivity contribution is 5.78. The molecule has 0 radical (unpaired) electrons. The van der Waals surface area contributed by atoms with Crippen molar-refractivity contribution in [2.24, 2.45) is 0 Å². The standard InChI is InChI=1S/C8H14N2O3/c11-7-5-10(13)8(6-9(7)12)3-1-2-4-8/h12-13H,1-6H2. The fourth-order valence-electron chi connectivity index (χ4n) is 2.28. The van der Waals surface area contributed by atoms with Crippen LogP contribution in [0.5, 0.6) is 0 Å². The smallest absolute Gasteiger partial charge is 0.262 e. The summed E-state index contributed by atoms with van der Waals surface area (Å²) in [6.07, 6.45) is 3.82. The minimum absolute atomic E-state index is 0.0868. The van der Waals surface area contributed by atoms with Crippen LogP contribution in [0.2, 0.25) is 0 Å². The Morgan fingerprint density at radius 3 is 2.46 bits per heavy atom. The second-order valence-electron chi connectivity index (χ2n) is 3.94. The minimum Gasteiger partial charge on any atom is -0.313 e. The van der Waals surface area contributed by atoms with Crippen molar-refractivity contribution < 1.29 is 15.2 Å². The molecule has 2 N–H and O–H groups in total. The van der Waals surface area contributed by atoms with Crippen molar-refractivity contribution in [3.8, 4) is 0 Å². The van der Waals surface area contributed by atoms with Crippen molar-refractivity contribution in [3.05, 3.63) is 0 Å². The van der Waals surface area contributed by atoms with Crippen LogP contribution < -0.4 is 0 Å². The number of carbonyl (C=O) groups is 1. The molecule has 0 aromatic carbocycles. The van der Waals surface area contributed by atoms with Crippen LogP contribution in [0.1, 0.15) is 25.7 Å². The zero-order valence-electron chi connectivity index (χ0n) is 7.44. The number of carbonyl (C=O) groups excluding carboxylic acids is 1. The number of hydroxylamine groups is 4. The highest BCUT2D eigenvalue weighted by Gasteiger charge is 2.46. The largest absolute Gasteiger partial charge is 0.313 e. The van der Waals surface area contributed by atoms with Crippen LogP contribution in [-0.2, 0) is 4.79 Å². The molecule has 0 aromatic heterocycles. The van der Waals surface area contributed by atoms with E-state index in [0.29, 0.717) is 0 Å². The quantitative estimate of drug-likeness (QED) is 0.531. The molecule has 13 heavy (non-hydrogen) atoms. The van der Waals surface area contributed by atoms with Crippen molar-refractivity contribution >= 4 is 5.91 Å². The Bertz CT molecular complexity index is 225. The van der Waals surface area contributed by atoms with Crippen LogP contribution >= 0.6 is 0 Å². The van der Waals surface area contributed by atoms with E-state index in [4.69, 9.17) is 0 Å². The van der Waals surface area contributed by atoms with Gasteiger partial charge < -0.3 is 5.21 Å². The van der Waals surface area contributed by atoms with Crippen LogP contribution in [0.4, 0.5) is 0 Å². The van der Waals surface area contributed by atoms with Gasteiger partial charge in [-0.2, -0.15) is 5.06 Å². The summed E-state index contributed by atoms with van der Waals surface area (Å²) in [4.78, 5) is 11.0. The lowest BCUT2D eigenvalue weighted by Gasteiger charge is -2.42. The summed E-state index contributed by atoms with van der Waals surface area (Å²) in [6, 6.07) is 0. The Kier molecular flexibility index (Phi) is 2.02. The molecule has 1 aliphatic heterocycles. The normalized spacial score (nSPS) is 28.8. The van der Waals surface area contributed by atoms with Crippen LogP contribution in [-0.4, -0.2) is 45.1 Å². The molecule has 2 fully saturated rings. The Labute approximate surface area is 76.5 Å². The predicted molar refractivity (Wildman–Crippen MR) is 43.2 cm³/mol. The summed E-state index contributed by atoms with van der Waals surface area (Å²) in [7, 11) is 0. The van der Waals surface area contributed by atoms with Gasteiger partial charge in [-0.1, -0.05) is 12.8 Å². The molecular weight excluding hydrogens is 172 g/mol. The van der Waals surface area contributed by atoms with Crippen LogP contribution in [0, 0.1) is 0 Å². The zero-order valence-corrected chi connectivity index (χ0v) is 7.44. The van der Waals surface area contributed by atoms with Gasteiger partial charge in [-0.05, 0) is 12.8 Å². The average molecular weight is 186 g/mol. The first kappa shape index (κ1) is 8.93. The molecule has 1 amide bonds. The van der Waals surface area contributed by atoms with Gasteiger partial charge in [0.05, 0.1) is 12.1 Å². The fourth-order valence-corrected chi connectivity index (χ4v) is 2.28. The van der Waals surface area contributed by atoms with Crippen molar-refractivity contribution in [1.82, 2.24) is 10.1 Å². The maximum absolute atomic E-state index is 11.0. The van der Waals surface area contributed by atoms with Crippen molar-refractivity contribution in [3.63, 3.8) is 0 Å². The summed E-state index contributed by atoms with van der Waals surface area (Å²) in [6.45, 7) is 0.152. The third kappa shape index (κ3) is 1.33. The van der Waals surface area contributed by atoms with E-state index in [-0.39, 0.29) is 18.6 Å². The van der Waals surface area contributed by atoms with Gasteiger partial charge in [-0.15, -0.1) is 0 Å². The number of piperazine rings is 1. The minimum atomic E-state index is -0.431. The molecule has 0 bridgehead atoms. The Morgan fingerprint density at radius 1 is 1.23 bits per heavy atom. The highest BCUT2D eigenvalue weighted by atomic mass is 16.5. The first-order valence-electron chi connectivity index (χ1n) is 4.60. The monoisotopic (exact) mass is 186 g/mol. The second-order valence-corrected chi connectivity index (χ2v) is 3.94. The lowest BCUT2D eigenvalue weighted by molar-refractivity contribution is -0.241. The van der Waals surface area contributed by atoms with Gasteiger partial charge in [0.25, 0.3) is 5.91 Å². The van der Waals surface area contributed by atoms with E-state index < -0.39 is 5.91 Å². The molecule has 5 heteroatoms. The van der Waals surface area contributed by atoms with Crippen molar-refractivity contribution in [2.75, 3.05) is 13.1 Å². The predicted octanol–water partition coefficient (Wildman–Crippen LogP) is 0.222. The van der Waals surface area contributed by atoms with Gasteiger partial charge in [0.1, 0.15) is 6.54 Å². The molecule has 1 spiro atoms. The van der Waals surface area contributed by atoms with Gasteiger partial charge in [0.2, 0.25) is 0 Å². The molecule has 74 valence electrons. The van der Waals surface area contributed by atoms with E-state index in [0.717, 1.165) is 35.8 Å². The number of nitrogens with zero attached hydrogens (tertiary/aromatic N) is 2. The van der Waals surface area contributed by atoms with Crippen molar-refractivity contribution in [1.29, 1.82) is 0 Å². The molecule has 0 aromatic rings. The maximum Gasteiger partial charge on any atom is 0.262 e. The summed E-state index contributed by atoms with van der Waals surface area (Å²) < 4.78 is 0. The number of hydrogen-bond acceptors (Lipinski definition) is 4. The summed E-state index contributed by atoms with van der Waals surface area (Å²) in [5.74, 6) is -0.431. The number of amides is 1. The molecule has 2 aliphatic rings. The van der Waals surface area contributed by atoms with Gasteiger partial charge in [-0.3, -0.25) is 10.0 Å². The number of rotatable bonds is 0. The maximum atomic E-state index is 11.0. The Balaban J connectivity index is 2.15. The van der Waals surface area contributed by atoms with E-state index in [1.165, 1.54) is 0 Å². The third-order valence-electron chi connectivity index (χ3n) is 3.10. The lowest BCUT2D eigenvalue weighted by atomic mass is 9.95. The van der Waals surface area contributed by atoms with Gasteiger partial charge in [0.15, 0.2) is 0 Å². The number of hydrogen-bond donors (Lipinski definition) is 2. The van der Waals surface area contributed by atoms with Gasteiger partial charge in [0, 0.05) is 0 Å². The summed E-state index contributed by atoms with van der Waals surface area (Å²) in [5, 5.41) is 20.7. The SMILES string of the molecule is O=C1CN(O)C2(CCCC2)CN1O. The van der Waals surface area contributed by atoms with Crippen molar-refractivity contribution in [2.45, 2.75) is 31.2 Å². The van der Waals surface area contributed by atoms with E-state index >= 15 is 0 Å². The zero-order chi connectivity index (χ0) is 9.47. The molecule has 1 aliphatic carbocycles. The second kappa shape index (κ2) is 2.94. The van der Waals surface area contributed by atoms with E-state index in [9.17, 15) is 15.2 Å². The van der Waals surface area contributed by atoms with E-state index in [1.54, 1.807) is 0 Å². The molecule has 1 saturated carbocycles. The molecule has 2 rings (SSSR count). The molecule has 0 unspecified atom stereocenters. The van der Waals surface area contributed by atoms with Crippen LogP contribution in [0.25, 0.3) is 0 Å². The summed E-state index contributed by atoms with van der Waals surface area (Å²) in [5.41, 5.74) is -0.372. The first-order chi connectivity index (χ1) is 6.14. The summed E-state index contributed by atoms with van der Waals surface area (Å²) >= 11 is 0. The van der Waals surface area contributed by atoms with Crippen LogP contribution in [0.15, 0.2) is 0 Å². The lowest BCUT2D eigenvalue weighted by Crippen LogP contribution is -2.61. The third-order valence-corrected chi connectivity index (χ3v) is 3.10. The van der Waals surface area contributed by atoms with Gasteiger partial charge >= 0.3 is 0 Å². The first-order valence-corrected chi connectivity index (χ1v) is 4.60. The van der Waals surface area contributed by atoms with E-state index in [2.05, 4.69) is 0 Å². The molecule has 5 nitrogen and oxygen atoms in total.